The second-order valence-electron chi connectivity index (χ2n) is 6.22. The predicted molar refractivity (Wildman–Crippen MR) is 98.9 cm³/mol. The van der Waals surface area contributed by atoms with Crippen molar-refractivity contribution in [1.29, 1.82) is 0 Å². The third-order valence-electron chi connectivity index (χ3n) is 4.11. The van der Waals surface area contributed by atoms with E-state index in [0.29, 0.717) is 17.2 Å². The van der Waals surface area contributed by atoms with Crippen LogP contribution in [0.2, 0.25) is 0 Å². The van der Waals surface area contributed by atoms with Gasteiger partial charge in [-0.1, -0.05) is 6.07 Å². The largest absolute Gasteiger partial charge is 0.454 e. The fraction of sp³-hybridized carbons (Fsp3) is 0.263. The maximum absolute atomic E-state index is 12.7. The molecule has 27 heavy (non-hydrogen) atoms. The molecule has 0 spiro atoms. The first kappa shape index (κ1) is 18.5. The Morgan fingerprint density at radius 2 is 1.96 bits per heavy atom. The van der Waals surface area contributed by atoms with Crippen LogP contribution in [-0.4, -0.2) is 36.4 Å². The Morgan fingerprint density at radius 3 is 2.70 bits per heavy atom. The van der Waals surface area contributed by atoms with E-state index in [1.54, 1.807) is 25.1 Å². The Labute approximate surface area is 156 Å². The molecule has 8 heteroatoms. The SMILES string of the molecule is CC(CO)Nc1ccc(C(N)=O)cc1C(=O)NCc1ccc2c(c1)OCO2. The Bertz CT molecular complexity index is 868. The third kappa shape index (κ3) is 4.29. The number of hydrogen-bond acceptors (Lipinski definition) is 6. The number of nitrogens with two attached hydrogens (primary N) is 1. The summed E-state index contributed by atoms with van der Waals surface area (Å²) in [6, 6.07) is 9.73. The molecule has 2 aromatic carbocycles. The molecule has 1 unspecified atom stereocenters. The number of anilines is 1. The summed E-state index contributed by atoms with van der Waals surface area (Å²) in [5, 5.41) is 15.1. The molecule has 5 N–H and O–H groups in total. The zero-order valence-electron chi connectivity index (χ0n) is 14.8. The van der Waals surface area contributed by atoms with Gasteiger partial charge < -0.3 is 30.9 Å². The van der Waals surface area contributed by atoms with E-state index in [4.69, 9.17) is 15.2 Å². The molecule has 8 nitrogen and oxygen atoms in total. The first-order valence-electron chi connectivity index (χ1n) is 8.46. The van der Waals surface area contributed by atoms with Crippen molar-refractivity contribution < 1.29 is 24.2 Å². The van der Waals surface area contributed by atoms with Gasteiger partial charge in [0.25, 0.3) is 5.91 Å². The number of carbonyl (C=O) groups excluding carboxylic acids is 2. The average molecular weight is 371 g/mol. The Balaban J connectivity index is 1.77. The highest BCUT2D eigenvalue weighted by atomic mass is 16.7. The third-order valence-corrected chi connectivity index (χ3v) is 4.11. The van der Waals surface area contributed by atoms with Crippen molar-refractivity contribution in [2.75, 3.05) is 18.7 Å². The summed E-state index contributed by atoms with van der Waals surface area (Å²) in [5.74, 6) is 0.310. The number of benzene rings is 2. The first-order valence-corrected chi connectivity index (χ1v) is 8.46. The van der Waals surface area contributed by atoms with Crippen molar-refractivity contribution in [3.8, 4) is 11.5 Å². The summed E-state index contributed by atoms with van der Waals surface area (Å²) >= 11 is 0. The van der Waals surface area contributed by atoms with Gasteiger partial charge in [-0.3, -0.25) is 9.59 Å². The van der Waals surface area contributed by atoms with E-state index in [1.807, 2.05) is 6.07 Å². The summed E-state index contributed by atoms with van der Waals surface area (Å²) in [6.07, 6.45) is 0. The summed E-state index contributed by atoms with van der Waals surface area (Å²) < 4.78 is 10.6. The molecule has 2 aromatic rings. The van der Waals surface area contributed by atoms with Crippen LogP contribution < -0.4 is 25.8 Å². The van der Waals surface area contributed by atoms with E-state index >= 15 is 0 Å². The van der Waals surface area contributed by atoms with Crippen LogP contribution in [0, 0.1) is 0 Å². The van der Waals surface area contributed by atoms with Crippen molar-refractivity contribution in [2.45, 2.75) is 19.5 Å². The lowest BCUT2D eigenvalue weighted by atomic mass is 10.1. The van der Waals surface area contributed by atoms with Crippen LogP contribution >= 0.6 is 0 Å². The van der Waals surface area contributed by atoms with Crippen LogP contribution in [0.5, 0.6) is 11.5 Å². The highest BCUT2D eigenvalue weighted by Crippen LogP contribution is 2.32. The monoisotopic (exact) mass is 371 g/mol. The fourth-order valence-electron chi connectivity index (χ4n) is 2.65. The van der Waals surface area contributed by atoms with Crippen LogP contribution in [0.4, 0.5) is 5.69 Å². The van der Waals surface area contributed by atoms with Crippen LogP contribution in [0.25, 0.3) is 0 Å². The van der Waals surface area contributed by atoms with Gasteiger partial charge in [0.2, 0.25) is 12.7 Å². The number of primary amides is 1. The number of rotatable bonds is 7. The number of carbonyl (C=O) groups is 2. The summed E-state index contributed by atoms with van der Waals surface area (Å²) in [7, 11) is 0. The molecule has 0 radical (unpaired) electrons. The van der Waals surface area contributed by atoms with Crippen molar-refractivity contribution in [1.82, 2.24) is 5.32 Å². The van der Waals surface area contributed by atoms with Crippen molar-refractivity contribution in [3.05, 3.63) is 53.1 Å². The van der Waals surface area contributed by atoms with Gasteiger partial charge in [0.1, 0.15) is 0 Å². The van der Waals surface area contributed by atoms with Crippen LogP contribution in [-0.2, 0) is 6.54 Å². The quantitative estimate of drug-likeness (QED) is 0.581. The van der Waals surface area contributed by atoms with E-state index in [-0.39, 0.29) is 43.0 Å². The molecule has 142 valence electrons. The van der Waals surface area contributed by atoms with Crippen molar-refractivity contribution >= 4 is 17.5 Å². The molecular formula is C19H21N3O5. The van der Waals surface area contributed by atoms with E-state index in [1.165, 1.54) is 12.1 Å². The molecule has 0 aliphatic carbocycles. The number of aliphatic hydroxyl groups is 1. The van der Waals surface area contributed by atoms with Crippen LogP contribution in [0.15, 0.2) is 36.4 Å². The number of ether oxygens (including phenoxy) is 2. The van der Waals surface area contributed by atoms with Crippen molar-refractivity contribution in [2.24, 2.45) is 5.73 Å². The highest BCUT2D eigenvalue weighted by molar-refractivity contribution is 6.03. The molecule has 3 rings (SSSR count). The van der Waals surface area contributed by atoms with E-state index in [2.05, 4.69) is 10.6 Å². The standard InChI is InChI=1S/C19H21N3O5/c1-11(9-23)22-15-4-3-13(18(20)24)7-14(15)19(25)21-8-12-2-5-16-17(6-12)27-10-26-16/h2-7,11,22-23H,8-10H2,1H3,(H2,20,24)(H,21,25). The molecule has 0 fully saturated rings. The van der Waals surface area contributed by atoms with Gasteiger partial charge in [-0.05, 0) is 42.8 Å². The molecule has 0 aromatic heterocycles. The molecule has 0 saturated carbocycles. The summed E-state index contributed by atoms with van der Waals surface area (Å²) in [5.41, 5.74) is 7.17. The predicted octanol–water partition coefficient (Wildman–Crippen LogP) is 1.24. The Hall–Kier alpha value is -3.26. The summed E-state index contributed by atoms with van der Waals surface area (Å²) in [6.45, 7) is 2.13. The van der Waals surface area contributed by atoms with Crippen LogP contribution in [0.1, 0.15) is 33.2 Å². The molecule has 0 bridgehead atoms. The van der Waals surface area contributed by atoms with E-state index in [0.717, 1.165) is 5.56 Å². The number of aliphatic hydroxyl groups excluding tert-OH is 1. The number of hydrogen-bond donors (Lipinski definition) is 4. The molecule has 2 amide bonds. The normalized spacial score (nSPS) is 13.1. The lowest BCUT2D eigenvalue weighted by Crippen LogP contribution is -2.27. The van der Waals surface area contributed by atoms with Crippen LogP contribution in [0.3, 0.4) is 0 Å². The van der Waals surface area contributed by atoms with Gasteiger partial charge in [0, 0.05) is 23.8 Å². The maximum atomic E-state index is 12.7. The fourth-order valence-corrected chi connectivity index (χ4v) is 2.65. The minimum absolute atomic E-state index is 0.101. The zero-order valence-corrected chi connectivity index (χ0v) is 14.8. The molecule has 1 aliphatic heterocycles. The van der Waals surface area contributed by atoms with Gasteiger partial charge in [-0.15, -0.1) is 0 Å². The summed E-state index contributed by atoms with van der Waals surface area (Å²) in [4.78, 5) is 24.2. The van der Waals surface area contributed by atoms with Gasteiger partial charge in [0.05, 0.1) is 12.2 Å². The molecule has 1 atom stereocenters. The lowest BCUT2D eigenvalue weighted by molar-refractivity contribution is 0.0951. The van der Waals surface area contributed by atoms with E-state index < -0.39 is 5.91 Å². The van der Waals surface area contributed by atoms with E-state index in [9.17, 15) is 14.7 Å². The van der Waals surface area contributed by atoms with Gasteiger partial charge in [0.15, 0.2) is 11.5 Å². The minimum atomic E-state index is -0.624. The molecule has 1 heterocycles. The Morgan fingerprint density at radius 1 is 1.19 bits per heavy atom. The van der Waals surface area contributed by atoms with Gasteiger partial charge in [-0.2, -0.15) is 0 Å². The van der Waals surface area contributed by atoms with Gasteiger partial charge >= 0.3 is 0 Å². The first-order chi connectivity index (χ1) is 13.0. The zero-order chi connectivity index (χ0) is 19.4. The van der Waals surface area contributed by atoms with Crippen molar-refractivity contribution in [3.63, 3.8) is 0 Å². The Kier molecular flexibility index (Phi) is 5.46. The molecule has 1 aliphatic rings. The second kappa shape index (κ2) is 7.96. The molecular weight excluding hydrogens is 350 g/mol. The molecule has 0 saturated heterocycles. The smallest absolute Gasteiger partial charge is 0.253 e. The lowest BCUT2D eigenvalue weighted by Gasteiger charge is -2.17. The number of amides is 2. The average Bonchev–Trinajstić information content (AvgIpc) is 3.13. The topological polar surface area (TPSA) is 123 Å². The highest BCUT2D eigenvalue weighted by Gasteiger charge is 2.17. The van der Waals surface area contributed by atoms with Gasteiger partial charge in [-0.25, -0.2) is 0 Å². The second-order valence-corrected chi connectivity index (χ2v) is 6.22. The number of nitrogens with one attached hydrogen (secondary N) is 2. The maximum Gasteiger partial charge on any atom is 0.253 e. The minimum Gasteiger partial charge on any atom is -0.454 e. The number of fused-ring (bicyclic) bond motifs is 1.